The molecule has 2 N–H and O–H groups in total. The monoisotopic (exact) mass is 243 g/mol. The molecule has 3 atom stereocenters. The van der Waals surface area contributed by atoms with E-state index in [-0.39, 0.29) is 17.7 Å². The second-order valence-corrected chi connectivity index (χ2v) is 4.72. The fourth-order valence-electron chi connectivity index (χ4n) is 1.58. The van der Waals surface area contributed by atoms with E-state index < -0.39 is 12.0 Å². The lowest BCUT2D eigenvalue weighted by molar-refractivity contribution is -0.142. The summed E-state index contributed by atoms with van der Waals surface area (Å²) >= 11 is 0. The highest BCUT2D eigenvalue weighted by Gasteiger charge is 2.24. The number of hydrogen-bond donors (Lipinski definition) is 2. The maximum absolute atomic E-state index is 11.8. The molecule has 17 heavy (non-hydrogen) atoms. The predicted molar refractivity (Wildman–Crippen MR) is 67.7 cm³/mol. The molecule has 0 rings (SSSR count). The first-order chi connectivity index (χ1) is 7.93. The maximum Gasteiger partial charge on any atom is 0.326 e. The van der Waals surface area contributed by atoms with Crippen LogP contribution in [-0.2, 0) is 9.59 Å². The molecule has 0 aromatic rings. The van der Waals surface area contributed by atoms with Crippen molar-refractivity contribution in [2.24, 2.45) is 11.8 Å². The molecule has 2 unspecified atom stereocenters. The van der Waals surface area contributed by atoms with Gasteiger partial charge in [0, 0.05) is 5.92 Å². The Hall–Kier alpha value is -1.06. The lowest BCUT2D eigenvalue weighted by Gasteiger charge is -2.21. The van der Waals surface area contributed by atoms with Gasteiger partial charge in [0.25, 0.3) is 0 Å². The smallest absolute Gasteiger partial charge is 0.326 e. The van der Waals surface area contributed by atoms with E-state index in [1.165, 1.54) is 0 Å². The number of carbonyl (C=O) groups is 2. The number of hydrogen-bond acceptors (Lipinski definition) is 2. The Morgan fingerprint density at radius 3 is 2.24 bits per heavy atom. The summed E-state index contributed by atoms with van der Waals surface area (Å²) in [5.74, 6) is -0.954. The normalized spacial score (nSPS) is 16.0. The number of aliphatic carboxylic acids is 1. The number of rotatable bonds is 8. The molecule has 4 nitrogen and oxygen atoms in total. The Bertz CT molecular complexity index is 253. The van der Waals surface area contributed by atoms with Crippen LogP contribution >= 0.6 is 0 Å². The van der Waals surface area contributed by atoms with Gasteiger partial charge in [0.15, 0.2) is 0 Å². The van der Waals surface area contributed by atoms with Gasteiger partial charge in [-0.1, -0.05) is 47.0 Å². The van der Waals surface area contributed by atoms with Gasteiger partial charge < -0.3 is 10.4 Å². The third-order valence-electron chi connectivity index (χ3n) is 3.37. The average molecular weight is 243 g/mol. The van der Waals surface area contributed by atoms with Crippen LogP contribution < -0.4 is 5.32 Å². The Balaban J connectivity index is 4.34. The van der Waals surface area contributed by atoms with Crippen molar-refractivity contribution in [3.05, 3.63) is 0 Å². The van der Waals surface area contributed by atoms with Crippen molar-refractivity contribution in [1.29, 1.82) is 0 Å². The molecule has 100 valence electrons. The van der Waals surface area contributed by atoms with Gasteiger partial charge in [-0.2, -0.15) is 0 Å². The molecule has 0 saturated heterocycles. The van der Waals surface area contributed by atoms with Gasteiger partial charge in [0.05, 0.1) is 0 Å². The highest BCUT2D eigenvalue weighted by Crippen LogP contribution is 2.15. The number of unbranched alkanes of at least 4 members (excludes halogenated alkanes) is 1. The molecule has 0 spiro atoms. The van der Waals surface area contributed by atoms with E-state index in [0.29, 0.717) is 6.42 Å². The number of carbonyl (C=O) groups excluding carboxylic acids is 1. The number of amides is 1. The van der Waals surface area contributed by atoms with E-state index in [1.807, 2.05) is 27.7 Å². The summed E-state index contributed by atoms with van der Waals surface area (Å²) in [5, 5.41) is 11.6. The molecule has 4 heteroatoms. The average Bonchev–Trinajstić information content (AvgIpc) is 2.31. The third kappa shape index (κ3) is 5.71. The lowest BCUT2D eigenvalue weighted by atomic mass is 9.92. The highest BCUT2D eigenvalue weighted by atomic mass is 16.4. The molecule has 1 amide bonds. The first-order valence-electron chi connectivity index (χ1n) is 6.47. The Morgan fingerprint density at radius 1 is 1.24 bits per heavy atom. The van der Waals surface area contributed by atoms with Crippen LogP contribution in [0.25, 0.3) is 0 Å². The van der Waals surface area contributed by atoms with Crippen LogP contribution in [0, 0.1) is 11.8 Å². The van der Waals surface area contributed by atoms with Crippen LogP contribution in [0.15, 0.2) is 0 Å². The minimum Gasteiger partial charge on any atom is -0.480 e. The van der Waals surface area contributed by atoms with E-state index in [4.69, 9.17) is 5.11 Å². The summed E-state index contributed by atoms with van der Waals surface area (Å²) in [6.07, 6.45) is 3.17. The van der Waals surface area contributed by atoms with Gasteiger partial charge in [-0.3, -0.25) is 4.79 Å². The molecule has 0 heterocycles. The van der Waals surface area contributed by atoms with E-state index in [0.717, 1.165) is 19.3 Å². The molecule has 0 aromatic carbocycles. The zero-order chi connectivity index (χ0) is 13.4. The van der Waals surface area contributed by atoms with Crippen molar-refractivity contribution in [2.75, 3.05) is 0 Å². The SMILES string of the molecule is CCCC[C@H](NC(=O)C(C)C(C)CC)C(=O)O. The van der Waals surface area contributed by atoms with Crippen molar-refractivity contribution in [2.45, 2.75) is 59.4 Å². The number of carboxylic acids is 1. The summed E-state index contributed by atoms with van der Waals surface area (Å²) in [5.41, 5.74) is 0. The Kier molecular flexibility index (Phi) is 7.59. The summed E-state index contributed by atoms with van der Waals surface area (Å²) < 4.78 is 0. The van der Waals surface area contributed by atoms with E-state index in [2.05, 4.69) is 5.32 Å². The largest absolute Gasteiger partial charge is 0.480 e. The molecule has 0 aliphatic carbocycles. The fraction of sp³-hybridized carbons (Fsp3) is 0.846. The topological polar surface area (TPSA) is 66.4 Å². The second kappa shape index (κ2) is 8.09. The number of nitrogens with one attached hydrogen (secondary N) is 1. The molecular weight excluding hydrogens is 218 g/mol. The minimum atomic E-state index is -0.942. The fourth-order valence-corrected chi connectivity index (χ4v) is 1.58. The summed E-state index contributed by atoms with van der Waals surface area (Å²) in [7, 11) is 0. The minimum absolute atomic E-state index is 0.136. The highest BCUT2D eigenvalue weighted by molar-refractivity contribution is 5.84. The van der Waals surface area contributed by atoms with Gasteiger partial charge in [-0.25, -0.2) is 4.79 Å². The van der Waals surface area contributed by atoms with Crippen LogP contribution in [0.5, 0.6) is 0 Å². The first-order valence-corrected chi connectivity index (χ1v) is 6.47. The second-order valence-electron chi connectivity index (χ2n) is 4.72. The zero-order valence-corrected chi connectivity index (χ0v) is 11.3. The molecule has 0 aromatic heterocycles. The van der Waals surface area contributed by atoms with Crippen molar-refractivity contribution in [3.8, 4) is 0 Å². The lowest BCUT2D eigenvalue weighted by Crippen LogP contribution is -2.44. The van der Waals surface area contributed by atoms with E-state index >= 15 is 0 Å². The van der Waals surface area contributed by atoms with Gasteiger partial charge in [-0.15, -0.1) is 0 Å². The van der Waals surface area contributed by atoms with Crippen molar-refractivity contribution in [3.63, 3.8) is 0 Å². The van der Waals surface area contributed by atoms with Crippen molar-refractivity contribution < 1.29 is 14.7 Å². The molecule has 0 fully saturated rings. The molecular formula is C13H25NO3. The predicted octanol–water partition coefficient (Wildman–Crippen LogP) is 2.43. The summed E-state index contributed by atoms with van der Waals surface area (Å²) in [6.45, 7) is 7.89. The summed E-state index contributed by atoms with van der Waals surface area (Å²) in [6, 6.07) is -0.742. The summed E-state index contributed by atoms with van der Waals surface area (Å²) in [4.78, 5) is 22.8. The molecule has 0 aliphatic heterocycles. The van der Waals surface area contributed by atoms with E-state index in [9.17, 15) is 9.59 Å². The maximum atomic E-state index is 11.8. The first kappa shape index (κ1) is 15.9. The van der Waals surface area contributed by atoms with Gasteiger partial charge >= 0.3 is 5.97 Å². The molecule has 0 bridgehead atoms. The van der Waals surface area contributed by atoms with Crippen LogP contribution in [0.2, 0.25) is 0 Å². The molecule has 0 radical (unpaired) electrons. The van der Waals surface area contributed by atoms with Gasteiger partial charge in [0.1, 0.15) is 6.04 Å². The molecule has 0 aliphatic rings. The van der Waals surface area contributed by atoms with Crippen LogP contribution in [0.4, 0.5) is 0 Å². The third-order valence-corrected chi connectivity index (χ3v) is 3.37. The zero-order valence-electron chi connectivity index (χ0n) is 11.3. The van der Waals surface area contributed by atoms with Crippen LogP contribution in [-0.4, -0.2) is 23.0 Å². The van der Waals surface area contributed by atoms with E-state index in [1.54, 1.807) is 0 Å². The quantitative estimate of drug-likeness (QED) is 0.688. The Labute approximate surface area is 104 Å². The van der Waals surface area contributed by atoms with Crippen molar-refractivity contribution >= 4 is 11.9 Å². The van der Waals surface area contributed by atoms with Crippen LogP contribution in [0.3, 0.4) is 0 Å². The van der Waals surface area contributed by atoms with Gasteiger partial charge in [0.2, 0.25) is 5.91 Å². The van der Waals surface area contributed by atoms with Gasteiger partial charge in [-0.05, 0) is 12.3 Å². The molecule has 0 saturated carbocycles. The standard InChI is InChI=1S/C13H25NO3/c1-5-7-8-11(13(16)17)14-12(15)10(4)9(3)6-2/h9-11H,5-8H2,1-4H3,(H,14,15)(H,16,17)/t9?,10?,11-/m0/s1. The number of carboxylic acid groups (broad SMARTS) is 1. The van der Waals surface area contributed by atoms with Crippen LogP contribution in [0.1, 0.15) is 53.4 Å². The Morgan fingerprint density at radius 2 is 1.82 bits per heavy atom. The van der Waals surface area contributed by atoms with Crippen molar-refractivity contribution in [1.82, 2.24) is 5.32 Å².